The van der Waals surface area contributed by atoms with Gasteiger partial charge in [-0.2, -0.15) is 0 Å². The molecule has 0 saturated heterocycles. The number of halogens is 2. The minimum absolute atomic E-state index is 0.519. The Morgan fingerprint density at radius 3 is 2.69 bits per heavy atom. The van der Waals surface area contributed by atoms with Crippen molar-refractivity contribution >= 4 is 28.8 Å². The Morgan fingerprint density at radius 1 is 1.46 bits per heavy atom. The van der Waals surface area contributed by atoms with E-state index in [1.807, 2.05) is 25.1 Å². The van der Waals surface area contributed by atoms with Crippen LogP contribution in [0, 0.1) is 0 Å². The van der Waals surface area contributed by atoms with Gasteiger partial charge >= 0.3 is 0 Å². The molecule has 0 aromatic heterocycles. The van der Waals surface area contributed by atoms with Gasteiger partial charge in [0.15, 0.2) is 0 Å². The Hall–Kier alpha value is -0.500. The van der Waals surface area contributed by atoms with E-state index in [9.17, 15) is 0 Å². The molecular weight excluding hydrogens is 205 g/mol. The maximum atomic E-state index is 5.99. The summed E-state index contributed by atoms with van der Waals surface area (Å²) < 4.78 is 0. The van der Waals surface area contributed by atoms with Gasteiger partial charge in [-0.15, -0.1) is 0 Å². The third-order valence-corrected chi connectivity index (χ3v) is 2.33. The standard InChI is InChI=1S/C10H11Cl2N/c1-7(4-5-13)9-3-2-8(11)6-10(9)12/h2-4,6H,5,13H2,1H3/b7-4-. The summed E-state index contributed by atoms with van der Waals surface area (Å²) >= 11 is 11.8. The van der Waals surface area contributed by atoms with Gasteiger partial charge < -0.3 is 5.73 Å². The molecule has 0 fully saturated rings. The lowest BCUT2D eigenvalue weighted by Crippen LogP contribution is -1.94. The topological polar surface area (TPSA) is 26.0 Å². The van der Waals surface area contributed by atoms with Crippen molar-refractivity contribution in [1.29, 1.82) is 0 Å². The third-order valence-electron chi connectivity index (χ3n) is 1.78. The molecular formula is C10H11Cl2N. The summed E-state index contributed by atoms with van der Waals surface area (Å²) in [6.07, 6.45) is 1.93. The highest BCUT2D eigenvalue weighted by Gasteiger charge is 2.01. The minimum atomic E-state index is 0.519. The molecule has 0 amide bonds. The van der Waals surface area contributed by atoms with Gasteiger partial charge in [0.1, 0.15) is 0 Å². The van der Waals surface area contributed by atoms with Gasteiger partial charge in [-0.05, 0) is 30.2 Å². The van der Waals surface area contributed by atoms with Crippen molar-refractivity contribution in [2.45, 2.75) is 6.92 Å². The minimum Gasteiger partial charge on any atom is -0.327 e. The Labute approximate surface area is 88.1 Å². The van der Waals surface area contributed by atoms with Gasteiger partial charge in [-0.25, -0.2) is 0 Å². The Balaban J connectivity index is 3.09. The number of rotatable bonds is 2. The molecule has 1 aromatic rings. The van der Waals surface area contributed by atoms with Crippen molar-refractivity contribution in [2.24, 2.45) is 5.73 Å². The second kappa shape index (κ2) is 4.66. The summed E-state index contributed by atoms with van der Waals surface area (Å²) in [6.45, 7) is 2.49. The number of benzene rings is 1. The van der Waals surface area contributed by atoms with Crippen LogP contribution in [0.25, 0.3) is 5.57 Å². The summed E-state index contributed by atoms with van der Waals surface area (Å²) in [4.78, 5) is 0. The molecule has 0 radical (unpaired) electrons. The van der Waals surface area contributed by atoms with Crippen molar-refractivity contribution in [3.63, 3.8) is 0 Å². The molecule has 1 aromatic carbocycles. The molecule has 3 heteroatoms. The molecule has 0 aliphatic carbocycles. The van der Waals surface area contributed by atoms with Gasteiger partial charge in [0.2, 0.25) is 0 Å². The Bertz CT molecular complexity index is 332. The average molecular weight is 216 g/mol. The Morgan fingerprint density at radius 2 is 2.15 bits per heavy atom. The predicted molar refractivity (Wildman–Crippen MR) is 59.2 cm³/mol. The van der Waals surface area contributed by atoms with Crippen LogP contribution < -0.4 is 5.73 Å². The molecule has 0 unspecified atom stereocenters. The summed E-state index contributed by atoms with van der Waals surface area (Å²) in [5.41, 5.74) is 7.46. The van der Waals surface area contributed by atoms with Crippen LogP contribution in [0.4, 0.5) is 0 Å². The van der Waals surface area contributed by atoms with Crippen molar-refractivity contribution in [3.8, 4) is 0 Å². The first kappa shape index (κ1) is 10.6. The number of hydrogen-bond donors (Lipinski definition) is 1. The summed E-state index contributed by atoms with van der Waals surface area (Å²) in [7, 11) is 0. The normalized spacial score (nSPS) is 11.8. The monoisotopic (exact) mass is 215 g/mol. The quantitative estimate of drug-likeness (QED) is 0.805. The number of nitrogens with two attached hydrogens (primary N) is 1. The van der Waals surface area contributed by atoms with Gasteiger partial charge in [-0.3, -0.25) is 0 Å². The predicted octanol–water partition coefficient (Wildman–Crippen LogP) is 3.36. The van der Waals surface area contributed by atoms with Gasteiger partial charge in [0, 0.05) is 16.6 Å². The maximum Gasteiger partial charge on any atom is 0.0495 e. The molecule has 70 valence electrons. The second-order valence-corrected chi connectivity index (χ2v) is 3.59. The molecule has 0 bridgehead atoms. The molecule has 0 saturated carbocycles. The van der Waals surface area contributed by atoms with Gasteiger partial charge in [0.25, 0.3) is 0 Å². The molecule has 0 spiro atoms. The van der Waals surface area contributed by atoms with E-state index in [1.165, 1.54) is 0 Å². The number of allylic oxidation sites excluding steroid dienone is 1. The molecule has 0 aliphatic rings. The lowest BCUT2D eigenvalue weighted by Gasteiger charge is -2.04. The fourth-order valence-corrected chi connectivity index (χ4v) is 1.65. The third kappa shape index (κ3) is 2.73. The summed E-state index contributed by atoms with van der Waals surface area (Å²) in [5.74, 6) is 0. The first-order chi connectivity index (χ1) is 6.15. The zero-order chi connectivity index (χ0) is 9.84. The lowest BCUT2D eigenvalue weighted by atomic mass is 10.1. The first-order valence-electron chi connectivity index (χ1n) is 3.97. The van der Waals surface area contributed by atoms with Crippen LogP contribution >= 0.6 is 23.2 Å². The van der Waals surface area contributed by atoms with Crippen LogP contribution in [-0.4, -0.2) is 6.54 Å². The molecule has 0 heterocycles. The van der Waals surface area contributed by atoms with Crippen LogP contribution in [-0.2, 0) is 0 Å². The fraction of sp³-hybridized carbons (Fsp3) is 0.200. The SMILES string of the molecule is C/C(=C/CN)c1ccc(Cl)cc1Cl. The van der Waals surface area contributed by atoms with Crippen LogP contribution in [0.3, 0.4) is 0 Å². The van der Waals surface area contributed by atoms with E-state index in [0.29, 0.717) is 16.6 Å². The van der Waals surface area contributed by atoms with Gasteiger partial charge in [0.05, 0.1) is 0 Å². The van der Waals surface area contributed by atoms with Crippen molar-refractivity contribution in [3.05, 3.63) is 39.9 Å². The van der Waals surface area contributed by atoms with Crippen molar-refractivity contribution in [1.82, 2.24) is 0 Å². The molecule has 1 rings (SSSR count). The first-order valence-corrected chi connectivity index (χ1v) is 4.73. The van der Waals surface area contributed by atoms with E-state index < -0.39 is 0 Å². The number of hydrogen-bond acceptors (Lipinski definition) is 1. The van der Waals surface area contributed by atoms with Crippen LogP contribution in [0.2, 0.25) is 10.0 Å². The second-order valence-electron chi connectivity index (χ2n) is 2.75. The molecule has 13 heavy (non-hydrogen) atoms. The highest BCUT2D eigenvalue weighted by atomic mass is 35.5. The van der Waals surface area contributed by atoms with Crippen molar-refractivity contribution in [2.75, 3.05) is 6.54 Å². The zero-order valence-electron chi connectivity index (χ0n) is 7.35. The lowest BCUT2D eigenvalue weighted by molar-refractivity contribution is 1.25. The van der Waals surface area contributed by atoms with E-state index in [-0.39, 0.29) is 0 Å². The largest absolute Gasteiger partial charge is 0.327 e. The highest BCUT2D eigenvalue weighted by Crippen LogP contribution is 2.26. The molecule has 0 atom stereocenters. The van der Waals surface area contributed by atoms with Crippen LogP contribution in [0.15, 0.2) is 24.3 Å². The van der Waals surface area contributed by atoms with Gasteiger partial charge in [-0.1, -0.05) is 35.3 Å². The molecule has 0 aliphatic heterocycles. The smallest absolute Gasteiger partial charge is 0.0495 e. The van der Waals surface area contributed by atoms with Crippen molar-refractivity contribution < 1.29 is 0 Å². The zero-order valence-corrected chi connectivity index (χ0v) is 8.86. The Kier molecular flexibility index (Phi) is 3.79. The van der Waals surface area contributed by atoms with E-state index >= 15 is 0 Å². The van der Waals surface area contributed by atoms with Crippen LogP contribution in [0.5, 0.6) is 0 Å². The average Bonchev–Trinajstić information content (AvgIpc) is 2.04. The summed E-state index contributed by atoms with van der Waals surface area (Å²) in [5, 5.41) is 1.31. The maximum absolute atomic E-state index is 5.99. The molecule has 1 nitrogen and oxygen atoms in total. The fourth-order valence-electron chi connectivity index (χ4n) is 1.10. The van der Waals surface area contributed by atoms with E-state index in [4.69, 9.17) is 28.9 Å². The van der Waals surface area contributed by atoms with E-state index in [1.54, 1.807) is 6.07 Å². The van der Waals surface area contributed by atoms with E-state index in [2.05, 4.69) is 0 Å². The molecule has 2 N–H and O–H groups in total. The summed E-state index contributed by atoms with van der Waals surface area (Å²) in [6, 6.07) is 5.44. The van der Waals surface area contributed by atoms with Crippen LogP contribution in [0.1, 0.15) is 12.5 Å². The highest BCUT2D eigenvalue weighted by molar-refractivity contribution is 6.35. The van der Waals surface area contributed by atoms with E-state index in [0.717, 1.165) is 11.1 Å².